The van der Waals surface area contributed by atoms with Gasteiger partial charge in [-0.05, 0) is 63.2 Å². The first-order chi connectivity index (χ1) is 18.2. The normalized spacial score (nSPS) is 16.1. The maximum Gasteiger partial charge on any atom is 0.138 e. The van der Waals surface area contributed by atoms with Gasteiger partial charge in [-0.15, -0.1) is 0 Å². The molecule has 0 unspecified atom stereocenters. The van der Waals surface area contributed by atoms with Crippen molar-refractivity contribution in [3.63, 3.8) is 0 Å². The number of hydrogen-bond acceptors (Lipinski definition) is 8. The van der Waals surface area contributed by atoms with Gasteiger partial charge >= 0.3 is 0 Å². The smallest absolute Gasteiger partial charge is 0.138 e. The lowest BCUT2D eigenvalue weighted by Gasteiger charge is -2.39. The molecule has 6 heterocycles. The van der Waals surface area contributed by atoms with Gasteiger partial charge in [0.05, 0.1) is 42.8 Å². The number of nitriles is 1. The fourth-order valence-electron chi connectivity index (χ4n) is 4.93. The number of anilines is 1. The molecule has 0 N–H and O–H groups in total. The Labute approximate surface area is 215 Å². The van der Waals surface area contributed by atoms with E-state index in [1.807, 2.05) is 49.6 Å². The van der Waals surface area contributed by atoms with Crippen molar-refractivity contribution in [3.8, 4) is 28.7 Å². The summed E-state index contributed by atoms with van der Waals surface area (Å²) in [4.78, 5) is 13.6. The minimum atomic E-state index is 0.116. The summed E-state index contributed by atoms with van der Waals surface area (Å²) in [6, 6.07) is 12.2. The number of rotatable bonds is 8. The molecule has 4 aromatic rings. The van der Waals surface area contributed by atoms with Gasteiger partial charge in [0, 0.05) is 29.6 Å². The van der Waals surface area contributed by atoms with Gasteiger partial charge in [0.1, 0.15) is 36.1 Å². The molecule has 0 radical (unpaired) electrons. The van der Waals surface area contributed by atoms with Crippen LogP contribution < -0.4 is 14.4 Å². The second-order valence-electron chi connectivity index (χ2n) is 9.64. The highest BCUT2D eigenvalue weighted by Gasteiger charge is 2.29. The van der Waals surface area contributed by atoms with E-state index < -0.39 is 0 Å². The monoisotopic (exact) mass is 495 g/mol. The first-order valence-electron chi connectivity index (χ1n) is 12.7. The lowest BCUT2D eigenvalue weighted by Crippen LogP contribution is -2.54. The van der Waals surface area contributed by atoms with E-state index in [1.54, 1.807) is 16.9 Å². The van der Waals surface area contributed by atoms with E-state index in [0.29, 0.717) is 12.2 Å². The van der Waals surface area contributed by atoms with Crippen molar-refractivity contribution in [2.24, 2.45) is 0 Å². The van der Waals surface area contributed by atoms with E-state index >= 15 is 0 Å². The maximum atomic E-state index is 9.65. The summed E-state index contributed by atoms with van der Waals surface area (Å²) in [5.74, 6) is 2.42. The molecular formula is C28H29N7O2. The predicted octanol–water partition coefficient (Wildman–Crippen LogP) is 3.71. The molecule has 9 nitrogen and oxygen atoms in total. The third-order valence-corrected chi connectivity index (χ3v) is 7.00. The van der Waals surface area contributed by atoms with Crippen LogP contribution in [0.5, 0.6) is 11.5 Å². The molecule has 0 spiro atoms. The van der Waals surface area contributed by atoms with E-state index in [4.69, 9.17) is 14.5 Å². The molecule has 9 heteroatoms. The second kappa shape index (κ2) is 10.1. The molecule has 37 heavy (non-hydrogen) atoms. The Morgan fingerprint density at radius 1 is 1.03 bits per heavy atom. The molecule has 188 valence electrons. The van der Waals surface area contributed by atoms with Crippen LogP contribution in [0.1, 0.15) is 24.1 Å². The molecule has 2 fully saturated rings. The molecule has 6 rings (SSSR count). The molecule has 0 atom stereocenters. The molecule has 0 aliphatic carbocycles. The third-order valence-electron chi connectivity index (χ3n) is 7.00. The van der Waals surface area contributed by atoms with E-state index in [2.05, 4.69) is 26.0 Å². The highest BCUT2D eigenvalue weighted by atomic mass is 16.5. The summed E-state index contributed by atoms with van der Waals surface area (Å²) in [6.45, 7) is 7.31. The number of likely N-dealkylation sites (tertiary alicyclic amines) is 1. The van der Waals surface area contributed by atoms with Crippen molar-refractivity contribution in [1.29, 1.82) is 5.26 Å². The first kappa shape index (κ1) is 23.3. The average Bonchev–Trinajstić information content (AvgIpc) is 3.57. The number of fused-ring (bicyclic) bond motifs is 1. The third kappa shape index (κ3) is 4.93. The summed E-state index contributed by atoms with van der Waals surface area (Å²) < 4.78 is 13.8. The molecule has 0 bridgehead atoms. The average molecular weight is 496 g/mol. The summed E-state index contributed by atoms with van der Waals surface area (Å²) in [6.07, 6.45) is 9.70. The van der Waals surface area contributed by atoms with E-state index in [1.165, 1.54) is 12.8 Å². The maximum absolute atomic E-state index is 9.65. The summed E-state index contributed by atoms with van der Waals surface area (Å²) in [5.41, 5.74) is 4.04. The largest absolute Gasteiger partial charge is 0.491 e. The molecule has 2 saturated heterocycles. The lowest BCUT2D eigenvalue weighted by molar-refractivity contribution is 0.166. The fraction of sp³-hybridized carbons (Fsp3) is 0.357. The van der Waals surface area contributed by atoms with Gasteiger partial charge in [-0.25, -0.2) is 9.50 Å². The van der Waals surface area contributed by atoms with Gasteiger partial charge in [-0.2, -0.15) is 10.4 Å². The minimum absolute atomic E-state index is 0.116. The van der Waals surface area contributed by atoms with Gasteiger partial charge in [-0.1, -0.05) is 0 Å². The Morgan fingerprint density at radius 3 is 2.62 bits per heavy atom. The summed E-state index contributed by atoms with van der Waals surface area (Å²) in [7, 11) is 0. The van der Waals surface area contributed by atoms with Gasteiger partial charge in [-0.3, -0.25) is 9.88 Å². The number of aromatic nitrogens is 4. The molecule has 2 aliphatic rings. The number of ether oxygens (including phenoxy) is 2. The van der Waals surface area contributed by atoms with Crippen LogP contribution in [-0.2, 0) is 0 Å². The van der Waals surface area contributed by atoms with Crippen molar-refractivity contribution in [1.82, 2.24) is 24.5 Å². The standard InChI is InChI=1S/C28H29N7O2/c1-20-4-6-23(16-30-20)37-25-17-34(18-25)27-7-5-21(14-31-27)26-12-24(36-11-10-33-8-2-3-9-33)19-35-28(26)22(13-29)15-32-35/h4-7,12,14-16,19,25H,2-3,8-11,17-18H2,1H3. The molecule has 0 saturated carbocycles. The fourth-order valence-corrected chi connectivity index (χ4v) is 4.93. The summed E-state index contributed by atoms with van der Waals surface area (Å²) >= 11 is 0. The highest BCUT2D eigenvalue weighted by molar-refractivity contribution is 5.85. The van der Waals surface area contributed by atoms with Crippen LogP contribution >= 0.6 is 0 Å². The first-order valence-corrected chi connectivity index (χ1v) is 12.7. The Kier molecular flexibility index (Phi) is 6.33. The van der Waals surface area contributed by atoms with Crippen LogP contribution in [0.4, 0.5) is 5.82 Å². The second-order valence-corrected chi connectivity index (χ2v) is 9.64. The molecule has 0 aromatic carbocycles. The van der Waals surface area contributed by atoms with Crippen molar-refractivity contribution < 1.29 is 9.47 Å². The lowest BCUT2D eigenvalue weighted by atomic mass is 10.0. The number of hydrogen-bond donors (Lipinski definition) is 0. The quantitative estimate of drug-likeness (QED) is 0.365. The number of pyridine rings is 3. The van der Waals surface area contributed by atoms with Gasteiger partial charge < -0.3 is 14.4 Å². The zero-order chi connectivity index (χ0) is 25.2. The van der Waals surface area contributed by atoms with Crippen LogP contribution in [0.15, 0.2) is 55.1 Å². The van der Waals surface area contributed by atoms with Crippen LogP contribution in [0, 0.1) is 18.3 Å². The molecule has 4 aromatic heterocycles. The van der Waals surface area contributed by atoms with Crippen LogP contribution in [0.25, 0.3) is 16.6 Å². The molecule has 0 amide bonds. The van der Waals surface area contributed by atoms with Crippen molar-refractivity contribution in [2.45, 2.75) is 25.9 Å². The van der Waals surface area contributed by atoms with E-state index in [-0.39, 0.29) is 6.10 Å². The zero-order valence-electron chi connectivity index (χ0n) is 20.9. The van der Waals surface area contributed by atoms with E-state index in [0.717, 1.165) is 72.4 Å². The molecular weight excluding hydrogens is 466 g/mol. The van der Waals surface area contributed by atoms with E-state index in [9.17, 15) is 5.26 Å². The Hall–Kier alpha value is -4.16. The van der Waals surface area contributed by atoms with Gasteiger partial charge in [0.15, 0.2) is 0 Å². The van der Waals surface area contributed by atoms with Gasteiger partial charge in [0.25, 0.3) is 0 Å². The van der Waals surface area contributed by atoms with Crippen molar-refractivity contribution in [2.75, 3.05) is 44.2 Å². The Bertz CT molecular complexity index is 1410. The SMILES string of the molecule is Cc1ccc(OC2CN(c3ccc(-c4cc(OCCN5CCCC5)cn5ncc(C#N)c45)cn3)C2)cn1. The van der Waals surface area contributed by atoms with Crippen LogP contribution in [0.2, 0.25) is 0 Å². The van der Waals surface area contributed by atoms with Crippen molar-refractivity contribution >= 4 is 11.3 Å². The summed E-state index contributed by atoms with van der Waals surface area (Å²) in [5, 5.41) is 14.0. The highest BCUT2D eigenvalue weighted by Crippen LogP contribution is 2.32. The molecule has 2 aliphatic heterocycles. The number of aryl methyl sites for hydroxylation is 1. The zero-order valence-corrected chi connectivity index (χ0v) is 20.9. The minimum Gasteiger partial charge on any atom is -0.491 e. The topological polar surface area (TPSA) is 91.8 Å². The predicted molar refractivity (Wildman–Crippen MR) is 140 cm³/mol. The Balaban J connectivity index is 1.16. The number of nitrogens with zero attached hydrogens (tertiary/aromatic N) is 7. The van der Waals surface area contributed by atoms with Crippen molar-refractivity contribution in [3.05, 3.63) is 66.4 Å². The van der Waals surface area contributed by atoms with Crippen LogP contribution in [-0.4, -0.2) is 69.9 Å². The Morgan fingerprint density at radius 2 is 1.89 bits per heavy atom. The van der Waals surface area contributed by atoms with Crippen LogP contribution in [0.3, 0.4) is 0 Å². The van der Waals surface area contributed by atoms with Gasteiger partial charge in [0.2, 0.25) is 0 Å².